The van der Waals surface area contributed by atoms with Gasteiger partial charge in [-0.1, -0.05) is 6.92 Å². The minimum Gasteiger partial charge on any atom is -0.463 e. The highest BCUT2D eigenvalue weighted by atomic mass is 32.2. The Labute approximate surface area is 206 Å². The van der Waals surface area contributed by atoms with E-state index in [1.807, 2.05) is 6.92 Å². The van der Waals surface area contributed by atoms with Crippen LogP contribution in [0.4, 0.5) is 17.2 Å². The van der Waals surface area contributed by atoms with E-state index in [0.717, 1.165) is 32.4 Å². The number of amides is 1. The van der Waals surface area contributed by atoms with E-state index in [9.17, 15) is 13.2 Å². The van der Waals surface area contributed by atoms with Gasteiger partial charge in [0, 0.05) is 24.8 Å². The number of aromatic nitrogens is 2. The van der Waals surface area contributed by atoms with Gasteiger partial charge in [-0.3, -0.25) is 9.52 Å². The lowest BCUT2D eigenvalue weighted by Gasteiger charge is -2.35. The number of anilines is 3. The maximum absolute atomic E-state index is 13.3. The molecule has 1 spiro atoms. The number of aryl methyl sites for hydroxylation is 1. The van der Waals surface area contributed by atoms with Gasteiger partial charge in [0.2, 0.25) is 10.0 Å². The molecule has 2 aromatic rings. The van der Waals surface area contributed by atoms with Gasteiger partial charge in [-0.05, 0) is 62.6 Å². The SMILES string of the molecule is CCCOc1nc(C)cc(NC(=O)c2ccc(NS(=O)(=O)CCO)cc2N2CCC3(CC2)CC3)n1. The number of hydrogen-bond acceptors (Lipinski definition) is 8. The van der Waals surface area contributed by atoms with Crippen molar-refractivity contribution in [2.45, 2.75) is 46.0 Å². The third-order valence-electron chi connectivity index (χ3n) is 6.51. The molecule has 1 aliphatic carbocycles. The second-order valence-electron chi connectivity index (χ2n) is 9.34. The van der Waals surface area contributed by atoms with Crippen molar-refractivity contribution in [3.05, 3.63) is 35.5 Å². The van der Waals surface area contributed by atoms with E-state index in [0.29, 0.717) is 40.5 Å². The summed E-state index contributed by atoms with van der Waals surface area (Å²) in [6, 6.07) is 6.75. The summed E-state index contributed by atoms with van der Waals surface area (Å²) in [5.41, 5.74) is 2.56. The number of carbonyl (C=O) groups is 1. The van der Waals surface area contributed by atoms with E-state index in [-0.39, 0.29) is 11.9 Å². The van der Waals surface area contributed by atoms with Crippen molar-refractivity contribution in [2.24, 2.45) is 5.41 Å². The van der Waals surface area contributed by atoms with Gasteiger partial charge in [0.05, 0.1) is 35.9 Å². The number of piperidine rings is 1. The molecule has 190 valence electrons. The molecule has 3 N–H and O–H groups in total. The zero-order valence-electron chi connectivity index (χ0n) is 20.2. The van der Waals surface area contributed by atoms with Crippen LogP contribution in [0.15, 0.2) is 24.3 Å². The van der Waals surface area contributed by atoms with E-state index in [2.05, 4.69) is 24.9 Å². The summed E-state index contributed by atoms with van der Waals surface area (Å²) in [6.45, 7) is 5.39. The van der Waals surface area contributed by atoms with Gasteiger partial charge in [-0.25, -0.2) is 13.4 Å². The minimum absolute atomic E-state index is 0.210. The number of carbonyl (C=O) groups excluding carboxylic acids is 1. The molecule has 0 bridgehead atoms. The molecule has 1 saturated heterocycles. The third kappa shape index (κ3) is 6.40. The number of aliphatic hydroxyl groups is 1. The molecule has 1 aromatic carbocycles. The lowest BCUT2D eigenvalue weighted by Crippen LogP contribution is -2.35. The maximum Gasteiger partial charge on any atom is 0.318 e. The second kappa shape index (κ2) is 10.4. The Morgan fingerprint density at radius 3 is 2.57 bits per heavy atom. The topological polar surface area (TPSA) is 134 Å². The van der Waals surface area contributed by atoms with Crippen molar-refractivity contribution in [3.63, 3.8) is 0 Å². The average Bonchev–Trinajstić information content (AvgIpc) is 3.56. The maximum atomic E-state index is 13.3. The van der Waals surface area contributed by atoms with E-state index in [1.54, 1.807) is 31.2 Å². The predicted molar refractivity (Wildman–Crippen MR) is 135 cm³/mol. The van der Waals surface area contributed by atoms with Crippen molar-refractivity contribution in [2.75, 3.05) is 47.0 Å². The Kier molecular flexibility index (Phi) is 7.46. The smallest absolute Gasteiger partial charge is 0.318 e. The first kappa shape index (κ1) is 25.2. The summed E-state index contributed by atoms with van der Waals surface area (Å²) >= 11 is 0. The molecule has 1 aromatic heterocycles. The van der Waals surface area contributed by atoms with Crippen LogP contribution in [0, 0.1) is 12.3 Å². The molecule has 2 heterocycles. The number of benzene rings is 1. The van der Waals surface area contributed by atoms with Gasteiger partial charge in [-0.2, -0.15) is 4.98 Å². The predicted octanol–water partition coefficient (Wildman–Crippen LogP) is 2.94. The fourth-order valence-corrected chi connectivity index (χ4v) is 5.17. The number of nitrogens with zero attached hydrogens (tertiary/aromatic N) is 3. The fourth-order valence-electron chi connectivity index (χ4n) is 4.35. The molecular formula is C24H33N5O5S. The van der Waals surface area contributed by atoms with Crippen LogP contribution >= 0.6 is 0 Å². The zero-order valence-corrected chi connectivity index (χ0v) is 21.0. The number of aliphatic hydroxyl groups excluding tert-OH is 1. The molecule has 1 saturated carbocycles. The minimum atomic E-state index is -3.69. The van der Waals surface area contributed by atoms with Gasteiger partial charge in [-0.15, -0.1) is 0 Å². The Balaban J connectivity index is 1.60. The molecule has 0 unspecified atom stereocenters. The van der Waals surface area contributed by atoms with Crippen molar-refractivity contribution >= 4 is 33.1 Å². The van der Waals surface area contributed by atoms with Crippen LogP contribution < -0.4 is 19.7 Å². The molecule has 2 aliphatic rings. The second-order valence-corrected chi connectivity index (χ2v) is 11.2. The first-order valence-electron chi connectivity index (χ1n) is 12.0. The van der Waals surface area contributed by atoms with E-state index in [1.165, 1.54) is 12.8 Å². The molecule has 11 heteroatoms. The number of ether oxygens (including phenoxy) is 1. The summed E-state index contributed by atoms with van der Waals surface area (Å²) in [5, 5.41) is 11.9. The fraction of sp³-hybridized carbons (Fsp3) is 0.542. The molecule has 2 fully saturated rings. The molecule has 35 heavy (non-hydrogen) atoms. The van der Waals surface area contributed by atoms with Gasteiger partial charge in [0.25, 0.3) is 5.91 Å². The van der Waals surface area contributed by atoms with Crippen LogP contribution in [-0.4, -0.2) is 61.5 Å². The van der Waals surface area contributed by atoms with Gasteiger partial charge in [0.15, 0.2) is 0 Å². The van der Waals surface area contributed by atoms with Crippen molar-refractivity contribution in [1.29, 1.82) is 0 Å². The Bertz CT molecular complexity index is 1170. The summed E-state index contributed by atoms with van der Waals surface area (Å²) < 4.78 is 32.4. The van der Waals surface area contributed by atoms with Crippen LogP contribution in [0.5, 0.6) is 6.01 Å². The summed E-state index contributed by atoms with van der Waals surface area (Å²) in [5.74, 6) is -0.411. The molecule has 10 nitrogen and oxygen atoms in total. The monoisotopic (exact) mass is 503 g/mol. The summed E-state index contributed by atoms with van der Waals surface area (Å²) in [4.78, 5) is 24.0. The number of rotatable bonds is 10. The van der Waals surface area contributed by atoms with Crippen molar-refractivity contribution in [3.8, 4) is 6.01 Å². The lowest BCUT2D eigenvalue weighted by atomic mass is 9.93. The Morgan fingerprint density at radius 1 is 1.17 bits per heavy atom. The van der Waals surface area contributed by atoms with Gasteiger partial charge < -0.3 is 20.1 Å². The summed E-state index contributed by atoms with van der Waals surface area (Å²) in [7, 11) is -3.69. The van der Waals surface area contributed by atoms with Crippen molar-refractivity contribution in [1.82, 2.24) is 9.97 Å². The van der Waals surface area contributed by atoms with E-state index in [4.69, 9.17) is 9.84 Å². The first-order valence-corrected chi connectivity index (χ1v) is 13.7. The highest BCUT2D eigenvalue weighted by Gasteiger charge is 2.44. The molecule has 0 atom stereocenters. The number of nitrogens with one attached hydrogen (secondary N) is 2. The normalized spacial score (nSPS) is 16.7. The average molecular weight is 504 g/mol. The van der Waals surface area contributed by atoms with Crippen LogP contribution in [-0.2, 0) is 10.0 Å². The first-order chi connectivity index (χ1) is 16.7. The number of hydrogen-bond donors (Lipinski definition) is 3. The van der Waals surface area contributed by atoms with Crippen LogP contribution in [0.25, 0.3) is 0 Å². The Morgan fingerprint density at radius 2 is 1.91 bits per heavy atom. The van der Waals surface area contributed by atoms with Crippen LogP contribution in [0.1, 0.15) is 55.1 Å². The Hall–Kier alpha value is -2.92. The van der Waals surface area contributed by atoms with E-state index < -0.39 is 22.4 Å². The zero-order chi connectivity index (χ0) is 25.1. The molecule has 1 aliphatic heterocycles. The third-order valence-corrected chi connectivity index (χ3v) is 7.77. The van der Waals surface area contributed by atoms with Crippen molar-refractivity contribution < 1.29 is 23.1 Å². The largest absolute Gasteiger partial charge is 0.463 e. The standard InChI is InChI=1S/C24H33N5O5S/c1-3-13-34-23-25-17(2)15-21(27-23)26-22(31)19-5-4-18(28-35(32,33)14-12-30)16-20(19)29-10-8-24(6-7-24)9-11-29/h4-5,15-16,28,30H,3,6-14H2,1-2H3,(H,25,26,27,31). The molecular weight excluding hydrogens is 470 g/mol. The quantitative estimate of drug-likeness (QED) is 0.451. The lowest BCUT2D eigenvalue weighted by molar-refractivity contribution is 0.102. The molecule has 4 rings (SSSR count). The molecule has 1 amide bonds. The number of sulfonamides is 1. The highest BCUT2D eigenvalue weighted by molar-refractivity contribution is 7.92. The molecule has 0 radical (unpaired) electrons. The highest BCUT2D eigenvalue weighted by Crippen LogP contribution is 2.54. The van der Waals surface area contributed by atoms with Gasteiger partial charge in [0.1, 0.15) is 5.82 Å². The summed E-state index contributed by atoms with van der Waals surface area (Å²) in [6.07, 6.45) is 5.43. The van der Waals surface area contributed by atoms with Crippen LogP contribution in [0.3, 0.4) is 0 Å². The van der Waals surface area contributed by atoms with E-state index >= 15 is 0 Å². The van der Waals surface area contributed by atoms with Crippen LogP contribution in [0.2, 0.25) is 0 Å². The van der Waals surface area contributed by atoms with Gasteiger partial charge >= 0.3 is 6.01 Å².